The minimum absolute atomic E-state index is 0.233. The molecule has 2 aliphatic rings. The molecule has 27 heavy (non-hydrogen) atoms. The first kappa shape index (κ1) is 17.1. The molecule has 6 heteroatoms. The van der Waals surface area contributed by atoms with Gasteiger partial charge in [0.25, 0.3) is 11.8 Å². The van der Waals surface area contributed by atoms with Crippen LogP contribution in [0.3, 0.4) is 0 Å². The Kier molecular flexibility index (Phi) is 4.32. The highest BCUT2D eigenvalue weighted by molar-refractivity contribution is 6.36. The molecule has 0 spiro atoms. The van der Waals surface area contributed by atoms with E-state index < -0.39 is 0 Å². The fraction of sp³-hybridized carbons (Fsp3) is 0.238. The molecule has 0 unspecified atom stereocenters. The second-order valence-corrected chi connectivity index (χ2v) is 6.67. The third-order valence-corrected chi connectivity index (χ3v) is 4.51. The molecule has 0 atom stereocenters. The fourth-order valence-electron chi connectivity index (χ4n) is 3.27. The van der Waals surface area contributed by atoms with Gasteiger partial charge in [0.2, 0.25) is 0 Å². The highest BCUT2D eigenvalue weighted by atomic mass is 16.6. The monoisotopic (exact) mass is 364 g/mol. The zero-order chi connectivity index (χ0) is 19.0. The van der Waals surface area contributed by atoms with Gasteiger partial charge >= 0.3 is 0 Å². The van der Waals surface area contributed by atoms with Crippen molar-refractivity contribution in [2.75, 3.05) is 18.5 Å². The van der Waals surface area contributed by atoms with Gasteiger partial charge in [0.05, 0.1) is 5.57 Å². The summed E-state index contributed by atoms with van der Waals surface area (Å²) in [6.07, 6.45) is 0. The average Bonchev–Trinajstić information content (AvgIpc) is 2.92. The van der Waals surface area contributed by atoms with E-state index in [0.29, 0.717) is 41.5 Å². The number of carbonyl (C=O) groups excluding carboxylic acids is 2. The summed E-state index contributed by atoms with van der Waals surface area (Å²) in [5, 5.41) is 3.14. The highest BCUT2D eigenvalue weighted by Gasteiger charge is 2.40. The van der Waals surface area contributed by atoms with Gasteiger partial charge in [-0.25, -0.2) is 0 Å². The van der Waals surface area contributed by atoms with E-state index in [4.69, 9.17) is 9.47 Å². The van der Waals surface area contributed by atoms with Crippen LogP contribution in [-0.4, -0.2) is 36.0 Å². The molecule has 2 aliphatic heterocycles. The van der Waals surface area contributed by atoms with Crippen LogP contribution in [0.5, 0.6) is 11.5 Å². The average molecular weight is 364 g/mol. The second kappa shape index (κ2) is 6.79. The fourth-order valence-corrected chi connectivity index (χ4v) is 3.27. The SMILES string of the molecule is CC(C)N1C(=O)C(Nc2ccc3c(c2)OCCO3)=C(c2ccccc2)C1=O. The van der Waals surface area contributed by atoms with Gasteiger partial charge in [-0.1, -0.05) is 30.3 Å². The molecule has 0 saturated carbocycles. The number of imide groups is 1. The number of benzene rings is 2. The maximum absolute atomic E-state index is 13.0. The summed E-state index contributed by atoms with van der Waals surface area (Å²) in [7, 11) is 0. The van der Waals surface area contributed by atoms with Crippen molar-refractivity contribution in [3.8, 4) is 11.5 Å². The second-order valence-electron chi connectivity index (χ2n) is 6.67. The van der Waals surface area contributed by atoms with Crippen LogP contribution >= 0.6 is 0 Å². The molecule has 0 aliphatic carbocycles. The summed E-state index contributed by atoms with van der Waals surface area (Å²) < 4.78 is 11.1. The van der Waals surface area contributed by atoms with Crippen LogP contribution in [0, 0.1) is 0 Å². The number of hydrogen-bond donors (Lipinski definition) is 1. The molecule has 138 valence electrons. The van der Waals surface area contributed by atoms with Crippen molar-refractivity contribution in [3.05, 3.63) is 59.8 Å². The molecule has 0 saturated heterocycles. The first-order valence-corrected chi connectivity index (χ1v) is 8.90. The van der Waals surface area contributed by atoms with E-state index in [1.807, 2.05) is 44.2 Å². The first-order chi connectivity index (χ1) is 13.1. The van der Waals surface area contributed by atoms with Crippen LogP contribution in [0.15, 0.2) is 54.2 Å². The van der Waals surface area contributed by atoms with Crippen molar-refractivity contribution in [2.24, 2.45) is 0 Å². The molecule has 2 amide bonds. The van der Waals surface area contributed by atoms with Gasteiger partial charge < -0.3 is 14.8 Å². The lowest BCUT2D eigenvalue weighted by atomic mass is 10.0. The van der Waals surface area contributed by atoms with Crippen molar-refractivity contribution in [2.45, 2.75) is 19.9 Å². The smallest absolute Gasteiger partial charge is 0.278 e. The Hall–Kier alpha value is -3.28. The van der Waals surface area contributed by atoms with Crippen LogP contribution in [-0.2, 0) is 9.59 Å². The number of ether oxygens (including phenoxy) is 2. The Labute approximate surface area is 157 Å². The van der Waals surface area contributed by atoms with Crippen LogP contribution in [0.4, 0.5) is 5.69 Å². The van der Waals surface area contributed by atoms with Gasteiger partial charge in [-0.05, 0) is 31.5 Å². The Morgan fingerprint density at radius 3 is 2.33 bits per heavy atom. The van der Waals surface area contributed by atoms with Gasteiger partial charge in [0.15, 0.2) is 11.5 Å². The summed E-state index contributed by atoms with van der Waals surface area (Å²) in [6.45, 7) is 4.64. The lowest BCUT2D eigenvalue weighted by Crippen LogP contribution is -2.38. The van der Waals surface area contributed by atoms with Crippen molar-refractivity contribution < 1.29 is 19.1 Å². The van der Waals surface area contributed by atoms with E-state index in [-0.39, 0.29) is 23.6 Å². The van der Waals surface area contributed by atoms with Crippen LogP contribution in [0.25, 0.3) is 5.57 Å². The largest absolute Gasteiger partial charge is 0.486 e. The molecule has 6 nitrogen and oxygen atoms in total. The van der Waals surface area contributed by atoms with Crippen molar-refractivity contribution in [1.29, 1.82) is 0 Å². The minimum atomic E-state index is -0.330. The van der Waals surface area contributed by atoms with Crippen molar-refractivity contribution >= 4 is 23.1 Å². The van der Waals surface area contributed by atoms with Crippen LogP contribution < -0.4 is 14.8 Å². The predicted octanol–water partition coefficient (Wildman–Crippen LogP) is 3.06. The van der Waals surface area contributed by atoms with Crippen molar-refractivity contribution in [1.82, 2.24) is 4.90 Å². The number of rotatable bonds is 4. The summed E-state index contributed by atoms with van der Waals surface area (Å²) in [6, 6.07) is 14.4. The molecule has 2 aromatic rings. The lowest BCUT2D eigenvalue weighted by Gasteiger charge is -2.20. The third kappa shape index (κ3) is 3.03. The molecular weight excluding hydrogens is 344 g/mol. The molecule has 2 aromatic carbocycles. The van der Waals surface area contributed by atoms with Crippen molar-refractivity contribution in [3.63, 3.8) is 0 Å². The maximum atomic E-state index is 13.0. The summed E-state index contributed by atoms with van der Waals surface area (Å²) in [5.74, 6) is 0.664. The number of nitrogens with one attached hydrogen (secondary N) is 1. The summed E-state index contributed by atoms with van der Waals surface area (Å²) in [5.41, 5.74) is 2.02. The number of anilines is 1. The van der Waals surface area contributed by atoms with E-state index in [0.717, 1.165) is 0 Å². The number of hydrogen-bond acceptors (Lipinski definition) is 5. The first-order valence-electron chi connectivity index (χ1n) is 8.90. The van der Waals surface area contributed by atoms with E-state index >= 15 is 0 Å². The number of fused-ring (bicyclic) bond motifs is 1. The summed E-state index contributed by atoms with van der Waals surface area (Å²) >= 11 is 0. The van der Waals surface area contributed by atoms with E-state index in [1.54, 1.807) is 18.2 Å². The Bertz CT molecular complexity index is 934. The number of carbonyl (C=O) groups is 2. The third-order valence-electron chi connectivity index (χ3n) is 4.51. The highest BCUT2D eigenvalue weighted by Crippen LogP contribution is 2.35. The lowest BCUT2D eigenvalue weighted by molar-refractivity contribution is -0.138. The molecule has 4 rings (SSSR count). The zero-order valence-electron chi connectivity index (χ0n) is 15.2. The zero-order valence-corrected chi connectivity index (χ0v) is 15.2. The van der Waals surface area contributed by atoms with Gasteiger partial charge in [0.1, 0.15) is 18.9 Å². The van der Waals surface area contributed by atoms with Crippen LogP contribution in [0.1, 0.15) is 19.4 Å². The maximum Gasteiger partial charge on any atom is 0.278 e. The Morgan fingerprint density at radius 1 is 0.926 bits per heavy atom. The van der Waals surface area contributed by atoms with Gasteiger partial charge in [-0.15, -0.1) is 0 Å². The molecular formula is C21H20N2O4. The van der Waals surface area contributed by atoms with Gasteiger partial charge in [0, 0.05) is 17.8 Å². The van der Waals surface area contributed by atoms with Crippen LogP contribution in [0.2, 0.25) is 0 Å². The number of amides is 2. The molecule has 2 heterocycles. The molecule has 0 bridgehead atoms. The quantitative estimate of drug-likeness (QED) is 0.845. The Balaban J connectivity index is 1.76. The normalized spacial score (nSPS) is 16.3. The Morgan fingerprint density at radius 2 is 1.63 bits per heavy atom. The topological polar surface area (TPSA) is 67.9 Å². The van der Waals surface area contributed by atoms with E-state index in [1.165, 1.54) is 4.90 Å². The molecule has 1 N–H and O–H groups in total. The predicted molar refractivity (Wildman–Crippen MR) is 101 cm³/mol. The van der Waals surface area contributed by atoms with Gasteiger partial charge in [-0.2, -0.15) is 0 Å². The number of nitrogens with zero attached hydrogens (tertiary/aromatic N) is 1. The van der Waals surface area contributed by atoms with E-state index in [2.05, 4.69) is 5.32 Å². The molecule has 0 fully saturated rings. The van der Waals surface area contributed by atoms with Gasteiger partial charge in [-0.3, -0.25) is 14.5 Å². The summed E-state index contributed by atoms with van der Waals surface area (Å²) in [4.78, 5) is 27.2. The molecule has 0 aromatic heterocycles. The van der Waals surface area contributed by atoms with E-state index in [9.17, 15) is 9.59 Å². The minimum Gasteiger partial charge on any atom is -0.486 e. The molecule has 0 radical (unpaired) electrons. The standard InChI is InChI=1S/C21H20N2O4/c1-13(2)23-20(24)18(14-6-4-3-5-7-14)19(21(23)25)22-15-8-9-16-17(12-15)27-11-10-26-16/h3-9,12-13,22H,10-11H2,1-2H3.